The highest BCUT2D eigenvalue weighted by Crippen LogP contribution is 2.50. The molecule has 0 spiro atoms. The van der Waals surface area contributed by atoms with Crippen LogP contribution in [0.4, 0.5) is 0 Å². The predicted octanol–water partition coefficient (Wildman–Crippen LogP) is 1.26. The smallest absolute Gasteiger partial charge is 0.0260 e. The number of hydrazine groups is 1. The second-order valence-electron chi connectivity index (χ2n) is 6.82. The lowest BCUT2D eigenvalue weighted by atomic mass is 9.97. The Morgan fingerprint density at radius 2 is 2.00 bits per heavy atom. The van der Waals surface area contributed by atoms with Crippen molar-refractivity contribution in [3.05, 3.63) is 35.9 Å². The minimum atomic E-state index is 0.425. The number of benzene rings is 1. The van der Waals surface area contributed by atoms with E-state index in [0.717, 1.165) is 19.5 Å². The molecule has 21 heavy (non-hydrogen) atoms. The van der Waals surface area contributed by atoms with Gasteiger partial charge in [0.25, 0.3) is 0 Å². The second-order valence-corrected chi connectivity index (χ2v) is 6.82. The molecule has 4 atom stereocenters. The molecule has 4 heteroatoms. The first-order valence-electron chi connectivity index (χ1n) is 8.09. The molecular weight excluding hydrogens is 260 g/mol. The molecule has 0 amide bonds. The monoisotopic (exact) mass is 288 g/mol. The molecule has 1 aromatic carbocycles. The van der Waals surface area contributed by atoms with Crippen molar-refractivity contribution in [1.82, 2.24) is 15.2 Å². The Balaban J connectivity index is 1.59. The maximum atomic E-state index is 5.87. The van der Waals surface area contributed by atoms with Crippen molar-refractivity contribution >= 4 is 0 Å². The predicted molar refractivity (Wildman–Crippen MR) is 86.9 cm³/mol. The fraction of sp³-hybridized carbons (Fsp3) is 0.647. The Morgan fingerprint density at radius 1 is 1.24 bits per heavy atom. The van der Waals surface area contributed by atoms with E-state index < -0.39 is 0 Å². The molecule has 2 aliphatic rings. The summed E-state index contributed by atoms with van der Waals surface area (Å²) in [5.74, 6) is 7.26. The summed E-state index contributed by atoms with van der Waals surface area (Å²) in [4.78, 5) is 4.92. The standard InChI is InChI=1S/C17H28N4/c1-20-8-9-21(2)14(12-20)10-17(19-18)16-11-15(16)13-6-4-3-5-7-13/h3-7,14-17,19H,8-12,18H2,1-2H3. The van der Waals surface area contributed by atoms with E-state index in [-0.39, 0.29) is 0 Å². The van der Waals surface area contributed by atoms with Crippen LogP contribution in [-0.4, -0.2) is 55.6 Å². The third kappa shape index (κ3) is 3.46. The SMILES string of the molecule is CN1CCN(C)C(CC(NN)C2CC2c2ccccc2)C1. The molecule has 1 saturated heterocycles. The Labute approximate surface area is 128 Å². The maximum Gasteiger partial charge on any atom is 0.0260 e. The fourth-order valence-corrected chi connectivity index (χ4v) is 3.76. The molecule has 1 saturated carbocycles. The number of nitrogens with zero attached hydrogens (tertiary/aromatic N) is 2. The van der Waals surface area contributed by atoms with Crippen molar-refractivity contribution < 1.29 is 0 Å². The Morgan fingerprint density at radius 3 is 2.71 bits per heavy atom. The molecule has 2 fully saturated rings. The lowest BCUT2D eigenvalue weighted by Gasteiger charge is -2.39. The van der Waals surface area contributed by atoms with Gasteiger partial charge in [0.2, 0.25) is 0 Å². The average molecular weight is 288 g/mol. The van der Waals surface area contributed by atoms with Crippen molar-refractivity contribution in [3.8, 4) is 0 Å². The van der Waals surface area contributed by atoms with Gasteiger partial charge in [0, 0.05) is 31.7 Å². The number of nitrogens with one attached hydrogen (secondary N) is 1. The van der Waals surface area contributed by atoms with E-state index in [0.29, 0.717) is 23.9 Å². The highest BCUT2D eigenvalue weighted by Gasteiger charge is 2.44. The first-order valence-corrected chi connectivity index (χ1v) is 8.09. The van der Waals surface area contributed by atoms with Gasteiger partial charge in [0.05, 0.1) is 0 Å². The quantitative estimate of drug-likeness (QED) is 0.632. The van der Waals surface area contributed by atoms with E-state index in [1.165, 1.54) is 18.5 Å². The zero-order valence-electron chi connectivity index (χ0n) is 13.2. The molecule has 0 aromatic heterocycles. The van der Waals surface area contributed by atoms with Crippen LogP contribution in [0.2, 0.25) is 0 Å². The molecule has 3 rings (SSSR count). The van der Waals surface area contributed by atoms with E-state index in [9.17, 15) is 0 Å². The number of piperazine rings is 1. The Hall–Kier alpha value is -0.940. The van der Waals surface area contributed by atoms with Crippen molar-refractivity contribution in [3.63, 3.8) is 0 Å². The lowest BCUT2D eigenvalue weighted by molar-refractivity contribution is 0.0986. The summed E-state index contributed by atoms with van der Waals surface area (Å²) in [6.07, 6.45) is 2.41. The van der Waals surface area contributed by atoms with Crippen molar-refractivity contribution in [2.24, 2.45) is 11.8 Å². The van der Waals surface area contributed by atoms with Gasteiger partial charge < -0.3 is 9.80 Å². The van der Waals surface area contributed by atoms with Crippen LogP contribution in [0.5, 0.6) is 0 Å². The maximum absolute atomic E-state index is 5.87. The minimum Gasteiger partial charge on any atom is -0.304 e. The van der Waals surface area contributed by atoms with E-state index in [1.807, 2.05) is 0 Å². The summed E-state index contributed by atoms with van der Waals surface area (Å²) < 4.78 is 0. The molecule has 116 valence electrons. The average Bonchev–Trinajstić information content (AvgIpc) is 3.29. The molecule has 4 unspecified atom stereocenters. The molecule has 1 aromatic rings. The normalized spacial score (nSPS) is 32.0. The van der Waals surface area contributed by atoms with Gasteiger partial charge in [-0.25, -0.2) is 0 Å². The molecule has 3 N–H and O–H groups in total. The third-order valence-electron chi connectivity index (χ3n) is 5.30. The lowest BCUT2D eigenvalue weighted by Crippen LogP contribution is -2.53. The topological polar surface area (TPSA) is 44.5 Å². The first-order chi connectivity index (χ1) is 10.2. The van der Waals surface area contributed by atoms with Crippen LogP contribution < -0.4 is 11.3 Å². The zero-order valence-corrected chi connectivity index (χ0v) is 13.2. The van der Waals surface area contributed by atoms with Crippen LogP contribution in [0.25, 0.3) is 0 Å². The summed E-state index contributed by atoms with van der Waals surface area (Å²) in [6.45, 7) is 3.48. The van der Waals surface area contributed by atoms with Crippen LogP contribution in [0.1, 0.15) is 24.3 Å². The van der Waals surface area contributed by atoms with Gasteiger partial charge in [-0.3, -0.25) is 11.3 Å². The fourth-order valence-electron chi connectivity index (χ4n) is 3.76. The Kier molecular flexibility index (Phi) is 4.60. The summed E-state index contributed by atoms with van der Waals surface area (Å²) >= 11 is 0. The van der Waals surface area contributed by atoms with E-state index in [4.69, 9.17) is 5.84 Å². The van der Waals surface area contributed by atoms with Crippen molar-refractivity contribution in [1.29, 1.82) is 0 Å². The zero-order chi connectivity index (χ0) is 14.8. The number of hydrogen-bond donors (Lipinski definition) is 2. The van der Waals surface area contributed by atoms with E-state index in [2.05, 4.69) is 59.7 Å². The number of likely N-dealkylation sites (N-methyl/N-ethyl adjacent to an activating group) is 2. The van der Waals surface area contributed by atoms with Crippen LogP contribution in [0.3, 0.4) is 0 Å². The highest BCUT2D eigenvalue weighted by atomic mass is 15.3. The highest BCUT2D eigenvalue weighted by molar-refractivity contribution is 5.26. The number of hydrogen-bond acceptors (Lipinski definition) is 4. The van der Waals surface area contributed by atoms with Crippen LogP contribution in [0.15, 0.2) is 30.3 Å². The van der Waals surface area contributed by atoms with Crippen LogP contribution >= 0.6 is 0 Å². The molecule has 0 radical (unpaired) electrons. The van der Waals surface area contributed by atoms with Crippen molar-refractivity contribution in [2.75, 3.05) is 33.7 Å². The van der Waals surface area contributed by atoms with Gasteiger partial charge in [-0.2, -0.15) is 0 Å². The molecule has 1 aliphatic heterocycles. The van der Waals surface area contributed by atoms with Gasteiger partial charge in [0.15, 0.2) is 0 Å². The van der Waals surface area contributed by atoms with Gasteiger partial charge in [-0.15, -0.1) is 0 Å². The minimum absolute atomic E-state index is 0.425. The van der Waals surface area contributed by atoms with Gasteiger partial charge in [-0.1, -0.05) is 30.3 Å². The van der Waals surface area contributed by atoms with E-state index in [1.54, 1.807) is 0 Å². The van der Waals surface area contributed by atoms with Crippen molar-refractivity contribution in [2.45, 2.75) is 30.8 Å². The Bertz CT molecular complexity index is 449. The first kappa shape index (κ1) is 15.0. The summed E-state index contributed by atoms with van der Waals surface area (Å²) in [6, 6.07) is 11.9. The molecule has 0 bridgehead atoms. The number of nitrogens with two attached hydrogens (primary N) is 1. The summed E-state index contributed by atoms with van der Waals surface area (Å²) in [5, 5.41) is 0. The van der Waals surface area contributed by atoms with Crippen LogP contribution in [0, 0.1) is 5.92 Å². The molecule has 4 nitrogen and oxygen atoms in total. The third-order valence-corrected chi connectivity index (χ3v) is 5.30. The van der Waals surface area contributed by atoms with Gasteiger partial charge >= 0.3 is 0 Å². The van der Waals surface area contributed by atoms with Gasteiger partial charge in [-0.05, 0) is 44.3 Å². The van der Waals surface area contributed by atoms with E-state index >= 15 is 0 Å². The largest absolute Gasteiger partial charge is 0.304 e. The number of rotatable bonds is 5. The second kappa shape index (κ2) is 6.44. The molecule has 1 heterocycles. The molecule has 1 aliphatic carbocycles. The summed E-state index contributed by atoms with van der Waals surface area (Å²) in [5.41, 5.74) is 4.57. The summed E-state index contributed by atoms with van der Waals surface area (Å²) in [7, 11) is 4.46. The van der Waals surface area contributed by atoms with Gasteiger partial charge in [0.1, 0.15) is 0 Å². The molecular formula is C17H28N4. The van der Waals surface area contributed by atoms with Crippen LogP contribution in [-0.2, 0) is 0 Å².